The molecule has 0 heterocycles. The number of benzene rings is 1. The van der Waals surface area contributed by atoms with Crippen LogP contribution in [0.15, 0.2) is 22.7 Å². The molecule has 0 amide bonds. The molecule has 0 radical (unpaired) electrons. The minimum atomic E-state index is 0.215. The van der Waals surface area contributed by atoms with Crippen molar-refractivity contribution in [3.63, 3.8) is 0 Å². The van der Waals surface area contributed by atoms with E-state index in [2.05, 4.69) is 15.9 Å². The topological polar surface area (TPSA) is 43.1 Å². The lowest BCUT2D eigenvalue weighted by Gasteiger charge is -2.24. The Balaban J connectivity index is 2.10. The van der Waals surface area contributed by atoms with Gasteiger partial charge in [-0.05, 0) is 24.1 Å². The second-order valence-corrected chi connectivity index (χ2v) is 5.11. The summed E-state index contributed by atoms with van der Waals surface area (Å²) in [5.74, 6) is 0.824. The molecular weight excluding hydrogens is 254 g/mol. The van der Waals surface area contributed by atoms with Crippen molar-refractivity contribution in [3.8, 4) is 0 Å². The predicted molar refractivity (Wildman–Crippen MR) is 64.8 cm³/mol. The number of carbonyl (C=O) groups excluding carboxylic acids is 1. The van der Waals surface area contributed by atoms with Crippen LogP contribution in [-0.2, 0) is 0 Å². The molecular formula is C12H14BrNO. The highest BCUT2D eigenvalue weighted by Gasteiger charge is 2.21. The summed E-state index contributed by atoms with van der Waals surface area (Å²) < 4.78 is 0.874. The Labute approximate surface area is 98.0 Å². The molecule has 1 aromatic carbocycles. The number of ketones is 1. The first-order chi connectivity index (χ1) is 7.15. The Morgan fingerprint density at radius 2 is 2.13 bits per heavy atom. The molecule has 1 aliphatic rings. The highest BCUT2D eigenvalue weighted by Crippen LogP contribution is 2.31. The average Bonchev–Trinajstić information content (AvgIpc) is 2.09. The van der Waals surface area contributed by atoms with Crippen LogP contribution in [0.4, 0.5) is 5.69 Å². The van der Waals surface area contributed by atoms with Gasteiger partial charge >= 0.3 is 0 Å². The van der Waals surface area contributed by atoms with Crippen molar-refractivity contribution < 1.29 is 4.79 Å². The number of rotatable bonds is 3. The van der Waals surface area contributed by atoms with Gasteiger partial charge in [0.15, 0.2) is 5.78 Å². The van der Waals surface area contributed by atoms with E-state index in [1.54, 1.807) is 12.1 Å². The minimum Gasteiger partial charge on any atom is -0.399 e. The SMILES string of the molecule is Nc1cc(Br)cc(C(=O)CC2CCC2)c1. The highest BCUT2D eigenvalue weighted by molar-refractivity contribution is 9.10. The third kappa shape index (κ3) is 2.59. The average molecular weight is 268 g/mol. The summed E-state index contributed by atoms with van der Waals surface area (Å²) in [6.45, 7) is 0. The molecule has 0 bridgehead atoms. The first kappa shape index (κ1) is 10.7. The number of halogens is 1. The van der Waals surface area contributed by atoms with Crippen LogP contribution in [0.5, 0.6) is 0 Å². The van der Waals surface area contributed by atoms with Gasteiger partial charge in [-0.3, -0.25) is 4.79 Å². The molecule has 0 saturated heterocycles. The van der Waals surface area contributed by atoms with Crippen LogP contribution in [0, 0.1) is 5.92 Å². The largest absolute Gasteiger partial charge is 0.399 e. The fourth-order valence-corrected chi connectivity index (χ4v) is 2.36. The van der Waals surface area contributed by atoms with Crippen LogP contribution in [0.3, 0.4) is 0 Å². The van der Waals surface area contributed by atoms with Crippen molar-refractivity contribution in [3.05, 3.63) is 28.2 Å². The number of Topliss-reactive ketones (excluding diaryl/α,β-unsaturated/α-hetero) is 1. The number of nitrogen functional groups attached to an aromatic ring is 1. The molecule has 0 aromatic heterocycles. The van der Waals surface area contributed by atoms with Crippen molar-refractivity contribution in [1.29, 1.82) is 0 Å². The van der Waals surface area contributed by atoms with E-state index in [0.29, 0.717) is 18.0 Å². The summed E-state index contributed by atoms with van der Waals surface area (Å²) in [6, 6.07) is 5.41. The summed E-state index contributed by atoms with van der Waals surface area (Å²) in [5.41, 5.74) is 7.06. The first-order valence-corrected chi connectivity index (χ1v) is 6.04. The number of hydrogen-bond acceptors (Lipinski definition) is 2. The van der Waals surface area contributed by atoms with Crippen LogP contribution in [-0.4, -0.2) is 5.78 Å². The van der Waals surface area contributed by atoms with Gasteiger partial charge in [0, 0.05) is 22.1 Å². The Morgan fingerprint density at radius 3 is 2.67 bits per heavy atom. The lowest BCUT2D eigenvalue weighted by molar-refractivity contribution is 0.0936. The van der Waals surface area contributed by atoms with Gasteiger partial charge in [-0.15, -0.1) is 0 Å². The van der Waals surface area contributed by atoms with Crippen molar-refractivity contribution in [2.45, 2.75) is 25.7 Å². The predicted octanol–water partition coefficient (Wildman–Crippen LogP) is 3.40. The molecule has 1 fully saturated rings. The Bertz CT molecular complexity index is 365. The molecule has 2 nitrogen and oxygen atoms in total. The molecule has 15 heavy (non-hydrogen) atoms. The number of carbonyl (C=O) groups is 1. The van der Waals surface area contributed by atoms with Gasteiger partial charge < -0.3 is 5.73 Å². The fourth-order valence-electron chi connectivity index (χ4n) is 1.85. The highest BCUT2D eigenvalue weighted by atomic mass is 79.9. The third-order valence-electron chi connectivity index (χ3n) is 2.94. The van der Waals surface area contributed by atoms with E-state index in [4.69, 9.17) is 5.73 Å². The lowest BCUT2D eigenvalue weighted by atomic mass is 9.81. The van der Waals surface area contributed by atoms with Crippen LogP contribution in [0.25, 0.3) is 0 Å². The van der Waals surface area contributed by atoms with E-state index in [-0.39, 0.29) is 5.78 Å². The van der Waals surface area contributed by atoms with Crippen LogP contribution < -0.4 is 5.73 Å². The molecule has 0 unspecified atom stereocenters. The second-order valence-electron chi connectivity index (χ2n) is 4.20. The van der Waals surface area contributed by atoms with Gasteiger partial charge in [0.05, 0.1) is 0 Å². The number of nitrogens with two attached hydrogens (primary N) is 1. The van der Waals surface area contributed by atoms with E-state index in [1.807, 2.05) is 6.07 Å². The third-order valence-corrected chi connectivity index (χ3v) is 3.40. The van der Waals surface area contributed by atoms with Crippen LogP contribution >= 0.6 is 15.9 Å². The molecule has 3 heteroatoms. The van der Waals surface area contributed by atoms with E-state index in [1.165, 1.54) is 19.3 Å². The molecule has 1 saturated carbocycles. The maximum absolute atomic E-state index is 11.9. The van der Waals surface area contributed by atoms with Crippen molar-refractivity contribution in [2.75, 3.05) is 5.73 Å². The van der Waals surface area contributed by atoms with E-state index in [9.17, 15) is 4.79 Å². The molecule has 0 atom stereocenters. The van der Waals surface area contributed by atoms with Crippen molar-refractivity contribution >= 4 is 27.4 Å². The van der Waals surface area contributed by atoms with E-state index < -0.39 is 0 Å². The molecule has 1 aromatic rings. The minimum absolute atomic E-state index is 0.215. The zero-order chi connectivity index (χ0) is 10.8. The number of anilines is 1. The summed E-state index contributed by atoms with van der Waals surface area (Å²) in [5, 5.41) is 0. The Kier molecular flexibility index (Phi) is 3.10. The Morgan fingerprint density at radius 1 is 1.40 bits per heavy atom. The maximum Gasteiger partial charge on any atom is 0.163 e. The molecule has 2 N–H and O–H groups in total. The van der Waals surface area contributed by atoms with Gasteiger partial charge in [-0.25, -0.2) is 0 Å². The summed E-state index contributed by atoms with van der Waals surface area (Å²) in [7, 11) is 0. The smallest absolute Gasteiger partial charge is 0.163 e. The normalized spacial score (nSPS) is 16.1. The van der Waals surface area contributed by atoms with E-state index >= 15 is 0 Å². The van der Waals surface area contributed by atoms with E-state index in [0.717, 1.165) is 10.0 Å². The molecule has 1 aliphatic carbocycles. The van der Waals surface area contributed by atoms with Gasteiger partial charge in [0.1, 0.15) is 0 Å². The molecule has 0 spiro atoms. The Hall–Kier alpha value is -0.830. The quantitative estimate of drug-likeness (QED) is 0.674. The summed E-state index contributed by atoms with van der Waals surface area (Å²) >= 11 is 3.35. The molecule has 2 rings (SSSR count). The first-order valence-electron chi connectivity index (χ1n) is 5.24. The monoisotopic (exact) mass is 267 g/mol. The summed E-state index contributed by atoms with van der Waals surface area (Å²) in [4.78, 5) is 11.9. The lowest BCUT2D eigenvalue weighted by Crippen LogP contribution is -2.16. The van der Waals surface area contributed by atoms with Crippen LogP contribution in [0.1, 0.15) is 36.0 Å². The van der Waals surface area contributed by atoms with Gasteiger partial charge in [-0.1, -0.05) is 35.2 Å². The zero-order valence-corrected chi connectivity index (χ0v) is 10.1. The maximum atomic E-state index is 11.9. The van der Waals surface area contributed by atoms with Crippen molar-refractivity contribution in [1.82, 2.24) is 0 Å². The number of hydrogen-bond donors (Lipinski definition) is 1. The van der Waals surface area contributed by atoms with Gasteiger partial charge in [-0.2, -0.15) is 0 Å². The van der Waals surface area contributed by atoms with Gasteiger partial charge in [0.2, 0.25) is 0 Å². The molecule has 0 aliphatic heterocycles. The fraction of sp³-hybridized carbons (Fsp3) is 0.417. The van der Waals surface area contributed by atoms with Gasteiger partial charge in [0.25, 0.3) is 0 Å². The van der Waals surface area contributed by atoms with Crippen molar-refractivity contribution in [2.24, 2.45) is 5.92 Å². The second kappa shape index (κ2) is 4.35. The molecule has 80 valence electrons. The standard InChI is InChI=1S/C12H14BrNO/c13-10-5-9(6-11(14)7-10)12(15)4-8-2-1-3-8/h5-8H,1-4,14H2. The van der Waals surface area contributed by atoms with Crippen LogP contribution in [0.2, 0.25) is 0 Å². The zero-order valence-electron chi connectivity index (χ0n) is 8.50. The summed E-state index contributed by atoms with van der Waals surface area (Å²) in [6.07, 6.45) is 4.36.